The number of rotatable bonds is 9. The van der Waals surface area contributed by atoms with Crippen LogP contribution in [0.3, 0.4) is 0 Å². The van der Waals surface area contributed by atoms with E-state index in [2.05, 4.69) is 0 Å². The number of carboxylic acids is 1. The number of carbonyl (C=O) groups excluding carboxylic acids is 1. The maximum absolute atomic E-state index is 11.3. The molecule has 0 fully saturated rings. The van der Waals surface area contributed by atoms with Crippen molar-refractivity contribution in [2.45, 2.75) is 26.2 Å². The number of hydrogen-bond acceptors (Lipinski definition) is 5. The molecule has 1 aromatic carbocycles. The van der Waals surface area contributed by atoms with E-state index in [1.165, 1.54) is 25.3 Å². The van der Waals surface area contributed by atoms with Crippen LogP contribution in [0.4, 0.5) is 0 Å². The van der Waals surface area contributed by atoms with Crippen LogP contribution in [-0.4, -0.2) is 37.4 Å². The van der Waals surface area contributed by atoms with E-state index in [-0.39, 0.29) is 24.7 Å². The first-order chi connectivity index (χ1) is 10.1. The molecule has 6 heteroatoms. The highest BCUT2D eigenvalue weighted by molar-refractivity contribution is 5.88. The number of benzene rings is 1. The molecule has 0 atom stereocenters. The van der Waals surface area contributed by atoms with Crippen molar-refractivity contribution >= 4 is 11.9 Å². The smallest absolute Gasteiger partial charge is 0.335 e. The summed E-state index contributed by atoms with van der Waals surface area (Å²) in [6.07, 6.45) is 2.16. The van der Waals surface area contributed by atoms with Gasteiger partial charge in [-0.15, -0.1) is 0 Å². The molecule has 1 aromatic rings. The molecule has 1 N–H and O–H groups in total. The molecule has 0 saturated heterocycles. The Hall–Kier alpha value is -2.24. The van der Waals surface area contributed by atoms with Gasteiger partial charge in [0, 0.05) is 6.42 Å². The molecule has 0 aliphatic carbocycles. The van der Waals surface area contributed by atoms with Crippen molar-refractivity contribution in [2.75, 3.05) is 20.3 Å². The highest BCUT2D eigenvalue weighted by atomic mass is 16.6. The van der Waals surface area contributed by atoms with E-state index in [1.807, 2.05) is 6.92 Å². The van der Waals surface area contributed by atoms with E-state index < -0.39 is 5.97 Å². The zero-order valence-corrected chi connectivity index (χ0v) is 12.3. The van der Waals surface area contributed by atoms with Gasteiger partial charge in [-0.1, -0.05) is 13.3 Å². The fraction of sp³-hybridized carbons (Fsp3) is 0.467. The molecule has 0 unspecified atom stereocenters. The Morgan fingerprint density at radius 1 is 1.19 bits per heavy atom. The van der Waals surface area contributed by atoms with Crippen molar-refractivity contribution in [3.63, 3.8) is 0 Å². The van der Waals surface area contributed by atoms with Crippen molar-refractivity contribution < 1.29 is 28.9 Å². The van der Waals surface area contributed by atoms with Gasteiger partial charge in [0.1, 0.15) is 13.2 Å². The normalized spacial score (nSPS) is 10.0. The molecule has 1 rings (SSSR count). The lowest BCUT2D eigenvalue weighted by Gasteiger charge is -2.11. The molecule has 0 spiro atoms. The average molecular weight is 296 g/mol. The number of unbranched alkanes of at least 4 members (excludes halogenated alkanes) is 1. The topological polar surface area (TPSA) is 82.1 Å². The van der Waals surface area contributed by atoms with Gasteiger partial charge >= 0.3 is 11.9 Å². The van der Waals surface area contributed by atoms with Crippen molar-refractivity contribution in [2.24, 2.45) is 0 Å². The van der Waals surface area contributed by atoms with E-state index in [0.717, 1.165) is 12.8 Å². The Kier molecular flexibility index (Phi) is 7.08. The number of methoxy groups -OCH3 is 1. The molecule has 116 valence electrons. The summed E-state index contributed by atoms with van der Waals surface area (Å²) in [5.41, 5.74) is 0.116. The summed E-state index contributed by atoms with van der Waals surface area (Å²) >= 11 is 0. The maximum Gasteiger partial charge on any atom is 0.335 e. The molecule has 21 heavy (non-hydrogen) atoms. The summed E-state index contributed by atoms with van der Waals surface area (Å²) in [4.78, 5) is 22.1. The van der Waals surface area contributed by atoms with Crippen molar-refractivity contribution in [3.05, 3.63) is 23.8 Å². The number of aromatic carboxylic acids is 1. The summed E-state index contributed by atoms with van der Waals surface area (Å²) in [6, 6.07) is 4.32. The van der Waals surface area contributed by atoms with E-state index in [0.29, 0.717) is 17.9 Å². The molecule has 0 heterocycles. The number of hydrogen-bond donors (Lipinski definition) is 1. The van der Waals surface area contributed by atoms with Gasteiger partial charge in [-0.3, -0.25) is 4.79 Å². The van der Waals surface area contributed by atoms with Gasteiger partial charge < -0.3 is 19.3 Å². The molecule has 0 amide bonds. The van der Waals surface area contributed by atoms with Crippen LogP contribution in [0.1, 0.15) is 36.5 Å². The largest absolute Gasteiger partial charge is 0.493 e. The lowest BCUT2D eigenvalue weighted by Crippen LogP contribution is -2.12. The van der Waals surface area contributed by atoms with Crippen molar-refractivity contribution in [1.82, 2.24) is 0 Å². The SMILES string of the molecule is CCCCC(=O)OCCOc1ccc(C(=O)O)cc1OC. The van der Waals surface area contributed by atoms with Crippen LogP contribution in [-0.2, 0) is 9.53 Å². The summed E-state index contributed by atoms with van der Waals surface area (Å²) in [5, 5.41) is 8.89. The van der Waals surface area contributed by atoms with E-state index in [4.69, 9.17) is 19.3 Å². The predicted octanol–water partition coefficient (Wildman–Crippen LogP) is 2.51. The van der Waals surface area contributed by atoms with Gasteiger partial charge in [-0.25, -0.2) is 4.79 Å². The highest BCUT2D eigenvalue weighted by Crippen LogP contribution is 2.27. The van der Waals surface area contributed by atoms with Crippen molar-refractivity contribution in [3.8, 4) is 11.5 Å². The Morgan fingerprint density at radius 3 is 2.57 bits per heavy atom. The second-order valence-corrected chi connectivity index (χ2v) is 4.34. The van der Waals surface area contributed by atoms with Gasteiger partial charge in [0.25, 0.3) is 0 Å². The van der Waals surface area contributed by atoms with E-state index in [1.54, 1.807) is 0 Å². The quantitative estimate of drug-likeness (QED) is 0.557. The van der Waals surface area contributed by atoms with Crippen LogP contribution in [0.15, 0.2) is 18.2 Å². The number of carboxylic acid groups (broad SMARTS) is 1. The first-order valence-corrected chi connectivity index (χ1v) is 6.78. The highest BCUT2D eigenvalue weighted by Gasteiger charge is 2.10. The van der Waals surface area contributed by atoms with Crippen LogP contribution in [0.5, 0.6) is 11.5 Å². The monoisotopic (exact) mass is 296 g/mol. The molecule has 6 nitrogen and oxygen atoms in total. The van der Waals surface area contributed by atoms with Gasteiger partial charge in [0.2, 0.25) is 0 Å². The Bertz CT molecular complexity index is 483. The third-order valence-electron chi connectivity index (χ3n) is 2.75. The van der Waals surface area contributed by atoms with Gasteiger partial charge in [0.05, 0.1) is 12.7 Å². The second-order valence-electron chi connectivity index (χ2n) is 4.34. The fourth-order valence-corrected chi connectivity index (χ4v) is 1.62. The van der Waals surface area contributed by atoms with Crippen LogP contribution in [0.25, 0.3) is 0 Å². The number of esters is 1. The van der Waals surface area contributed by atoms with E-state index >= 15 is 0 Å². The van der Waals surface area contributed by atoms with Gasteiger partial charge in [0.15, 0.2) is 11.5 Å². The Morgan fingerprint density at radius 2 is 1.95 bits per heavy atom. The zero-order valence-electron chi connectivity index (χ0n) is 12.3. The first kappa shape index (κ1) is 16.8. The molecule has 0 aliphatic rings. The summed E-state index contributed by atoms with van der Waals surface area (Å²) < 4.78 is 15.5. The molecule has 0 saturated carbocycles. The molecule has 0 bridgehead atoms. The summed E-state index contributed by atoms with van der Waals surface area (Å²) in [5.74, 6) is -0.544. The lowest BCUT2D eigenvalue weighted by atomic mass is 10.2. The minimum Gasteiger partial charge on any atom is -0.493 e. The predicted molar refractivity (Wildman–Crippen MR) is 75.9 cm³/mol. The third-order valence-corrected chi connectivity index (χ3v) is 2.75. The van der Waals surface area contributed by atoms with Crippen LogP contribution < -0.4 is 9.47 Å². The average Bonchev–Trinajstić information content (AvgIpc) is 2.49. The fourth-order valence-electron chi connectivity index (χ4n) is 1.62. The van der Waals surface area contributed by atoms with Crippen molar-refractivity contribution in [1.29, 1.82) is 0 Å². The minimum atomic E-state index is -1.04. The van der Waals surface area contributed by atoms with Crippen LogP contribution in [0.2, 0.25) is 0 Å². The molecule has 0 aliphatic heterocycles. The van der Waals surface area contributed by atoms with Crippen LogP contribution in [0, 0.1) is 0 Å². The van der Waals surface area contributed by atoms with Gasteiger partial charge in [-0.2, -0.15) is 0 Å². The minimum absolute atomic E-state index is 0.116. The standard InChI is InChI=1S/C15H20O6/c1-3-4-5-14(16)21-9-8-20-12-7-6-11(15(17)18)10-13(12)19-2/h6-7,10H,3-5,8-9H2,1-2H3,(H,17,18). The maximum atomic E-state index is 11.3. The van der Waals surface area contributed by atoms with Gasteiger partial charge in [-0.05, 0) is 24.6 Å². The summed E-state index contributed by atoms with van der Waals surface area (Å²) in [7, 11) is 1.43. The molecular formula is C15H20O6. The Balaban J connectivity index is 2.45. The number of ether oxygens (including phenoxy) is 3. The lowest BCUT2D eigenvalue weighted by molar-refractivity contribution is -0.144. The van der Waals surface area contributed by atoms with E-state index in [9.17, 15) is 9.59 Å². The molecular weight excluding hydrogens is 276 g/mol. The second kappa shape index (κ2) is 8.84. The third kappa shape index (κ3) is 5.72. The first-order valence-electron chi connectivity index (χ1n) is 6.78. The molecule has 0 aromatic heterocycles. The number of carbonyl (C=O) groups is 2. The zero-order chi connectivity index (χ0) is 15.7. The Labute approximate surface area is 123 Å². The summed E-state index contributed by atoms with van der Waals surface area (Å²) in [6.45, 7) is 2.33. The molecule has 0 radical (unpaired) electrons. The van der Waals surface area contributed by atoms with Crippen LogP contribution >= 0.6 is 0 Å².